The molecule has 4 heteroatoms. The first-order chi connectivity index (χ1) is 7.63. The summed E-state index contributed by atoms with van der Waals surface area (Å²) < 4.78 is 0. The molecule has 1 saturated carbocycles. The third-order valence-electron chi connectivity index (χ3n) is 3.23. The summed E-state index contributed by atoms with van der Waals surface area (Å²) >= 11 is 1.87. The normalized spacial score (nSPS) is 27.6. The Hall–Kier alpha value is -0.220. The van der Waals surface area contributed by atoms with Crippen molar-refractivity contribution in [3.05, 3.63) is 0 Å². The largest absolute Gasteiger partial charge is 0.481 e. The van der Waals surface area contributed by atoms with Gasteiger partial charge in [0.05, 0.1) is 5.92 Å². The molecule has 0 aromatic rings. The molecule has 0 bridgehead atoms. The van der Waals surface area contributed by atoms with E-state index in [-0.39, 0.29) is 5.92 Å². The van der Waals surface area contributed by atoms with E-state index in [1.807, 2.05) is 11.8 Å². The van der Waals surface area contributed by atoms with Crippen LogP contribution >= 0.6 is 11.8 Å². The van der Waals surface area contributed by atoms with Gasteiger partial charge in [-0.25, -0.2) is 0 Å². The van der Waals surface area contributed by atoms with Crippen molar-refractivity contribution in [3.63, 3.8) is 0 Å². The first-order valence-corrected chi connectivity index (χ1v) is 7.48. The fourth-order valence-electron chi connectivity index (χ4n) is 2.31. The molecule has 0 spiro atoms. The second-order valence-corrected chi connectivity index (χ2v) is 5.78. The van der Waals surface area contributed by atoms with E-state index < -0.39 is 5.97 Å². The Balaban J connectivity index is 2.24. The predicted molar refractivity (Wildman–Crippen MR) is 68.9 cm³/mol. The maximum atomic E-state index is 10.9. The minimum atomic E-state index is -0.622. The first kappa shape index (κ1) is 13.8. The van der Waals surface area contributed by atoms with Crippen molar-refractivity contribution < 1.29 is 9.90 Å². The van der Waals surface area contributed by atoms with Crippen LogP contribution < -0.4 is 5.32 Å². The SMILES string of the molecule is CSCC(C)CNC1CCCC(C(=O)O)C1. The van der Waals surface area contributed by atoms with Crippen LogP contribution in [0, 0.1) is 11.8 Å². The number of carboxylic acids is 1. The van der Waals surface area contributed by atoms with Crippen molar-refractivity contribution in [1.82, 2.24) is 5.32 Å². The van der Waals surface area contributed by atoms with Gasteiger partial charge in [-0.05, 0) is 43.7 Å². The smallest absolute Gasteiger partial charge is 0.306 e. The monoisotopic (exact) mass is 245 g/mol. The Kier molecular flexibility index (Phi) is 6.21. The zero-order valence-electron chi connectivity index (χ0n) is 10.2. The Bertz CT molecular complexity index is 223. The average molecular weight is 245 g/mol. The minimum absolute atomic E-state index is 0.123. The number of hydrogen-bond donors (Lipinski definition) is 2. The highest BCUT2D eigenvalue weighted by molar-refractivity contribution is 7.98. The number of thioether (sulfide) groups is 1. The summed E-state index contributed by atoms with van der Waals surface area (Å²) in [5.74, 6) is 1.09. The van der Waals surface area contributed by atoms with Crippen molar-refractivity contribution in [2.75, 3.05) is 18.6 Å². The molecule has 1 aliphatic carbocycles. The highest BCUT2D eigenvalue weighted by Crippen LogP contribution is 2.24. The Labute approximate surface area is 102 Å². The molecule has 1 aliphatic rings. The summed E-state index contributed by atoms with van der Waals surface area (Å²) in [6, 6.07) is 0.416. The molecule has 0 aliphatic heterocycles. The van der Waals surface area contributed by atoms with Crippen molar-refractivity contribution in [1.29, 1.82) is 0 Å². The van der Waals surface area contributed by atoms with Crippen LogP contribution in [0.4, 0.5) is 0 Å². The van der Waals surface area contributed by atoms with Crippen LogP contribution in [0.2, 0.25) is 0 Å². The molecular formula is C12H23NO2S. The Morgan fingerprint density at radius 3 is 2.94 bits per heavy atom. The molecule has 3 atom stereocenters. The molecule has 1 rings (SSSR count). The maximum Gasteiger partial charge on any atom is 0.306 e. The van der Waals surface area contributed by atoms with Crippen LogP contribution in [-0.4, -0.2) is 35.7 Å². The number of nitrogens with one attached hydrogen (secondary N) is 1. The van der Waals surface area contributed by atoms with Crippen molar-refractivity contribution >= 4 is 17.7 Å². The third kappa shape index (κ3) is 4.74. The predicted octanol–water partition coefficient (Wildman–Crippen LogP) is 2.22. The lowest BCUT2D eigenvalue weighted by Crippen LogP contribution is -2.38. The van der Waals surface area contributed by atoms with E-state index >= 15 is 0 Å². The standard InChI is InChI=1S/C12H23NO2S/c1-9(8-16-2)7-13-11-5-3-4-10(6-11)12(14)15/h9-11,13H,3-8H2,1-2H3,(H,14,15). The molecular weight excluding hydrogens is 222 g/mol. The van der Waals surface area contributed by atoms with Crippen LogP contribution in [0.3, 0.4) is 0 Å². The van der Waals surface area contributed by atoms with Gasteiger partial charge in [0.1, 0.15) is 0 Å². The third-order valence-corrected chi connectivity index (χ3v) is 4.13. The van der Waals surface area contributed by atoms with Crippen molar-refractivity contribution in [2.45, 2.75) is 38.6 Å². The summed E-state index contributed by atoms with van der Waals surface area (Å²) in [4.78, 5) is 10.9. The minimum Gasteiger partial charge on any atom is -0.481 e. The fraction of sp³-hybridized carbons (Fsp3) is 0.917. The van der Waals surface area contributed by atoms with Gasteiger partial charge in [-0.15, -0.1) is 0 Å². The van der Waals surface area contributed by atoms with Gasteiger partial charge in [-0.3, -0.25) is 4.79 Å². The van der Waals surface area contributed by atoms with Gasteiger partial charge < -0.3 is 10.4 Å². The van der Waals surface area contributed by atoms with E-state index in [1.54, 1.807) is 0 Å². The summed E-state index contributed by atoms with van der Waals surface area (Å²) in [6.07, 6.45) is 5.97. The lowest BCUT2D eigenvalue weighted by molar-refractivity contribution is -0.143. The van der Waals surface area contributed by atoms with Crippen LogP contribution in [0.15, 0.2) is 0 Å². The van der Waals surface area contributed by atoms with Crippen molar-refractivity contribution in [3.8, 4) is 0 Å². The molecule has 0 aromatic carbocycles. The van der Waals surface area contributed by atoms with Gasteiger partial charge in [0, 0.05) is 6.04 Å². The first-order valence-electron chi connectivity index (χ1n) is 6.08. The Morgan fingerprint density at radius 1 is 1.56 bits per heavy atom. The lowest BCUT2D eigenvalue weighted by Gasteiger charge is -2.28. The van der Waals surface area contributed by atoms with E-state index in [0.29, 0.717) is 12.0 Å². The number of aliphatic carboxylic acids is 1. The lowest BCUT2D eigenvalue weighted by atomic mass is 9.85. The fourth-order valence-corrected chi connectivity index (χ4v) is 3.00. The van der Waals surface area contributed by atoms with Gasteiger partial charge in [-0.1, -0.05) is 13.3 Å². The van der Waals surface area contributed by atoms with Crippen LogP contribution in [0.1, 0.15) is 32.6 Å². The Morgan fingerprint density at radius 2 is 2.31 bits per heavy atom. The average Bonchev–Trinajstić information content (AvgIpc) is 2.27. The molecule has 0 radical (unpaired) electrons. The summed E-state index contributed by atoms with van der Waals surface area (Å²) in [7, 11) is 0. The molecule has 0 saturated heterocycles. The number of carboxylic acid groups (broad SMARTS) is 1. The highest BCUT2D eigenvalue weighted by Gasteiger charge is 2.26. The molecule has 16 heavy (non-hydrogen) atoms. The van der Waals surface area contributed by atoms with E-state index in [1.165, 1.54) is 5.75 Å². The van der Waals surface area contributed by atoms with Gasteiger partial charge in [0.15, 0.2) is 0 Å². The maximum absolute atomic E-state index is 10.9. The van der Waals surface area contributed by atoms with Gasteiger partial charge in [-0.2, -0.15) is 11.8 Å². The molecule has 0 heterocycles. The summed E-state index contributed by atoms with van der Waals surface area (Å²) in [5, 5.41) is 12.5. The second-order valence-electron chi connectivity index (χ2n) is 4.87. The summed E-state index contributed by atoms with van der Waals surface area (Å²) in [6.45, 7) is 3.25. The number of hydrogen-bond acceptors (Lipinski definition) is 3. The second kappa shape index (κ2) is 7.17. The van der Waals surface area contributed by atoms with Gasteiger partial charge in [0.2, 0.25) is 0 Å². The van der Waals surface area contributed by atoms with Gasteiger partial charge in [0.25, 0.3) is 0 Å². The quantitative estimate of drug-likeness (QED) is 0.753. The topological polar surface area (TPSA) is 49.3 Å². The van der Waals surface area contributed by atoms with Crippen LogP contribution in [0.5, 0.6) is 0 Å². The molecule has 1 fully saturated rings. The van der Waals surface area contributed by atoms with E-state index in [2.05, 4.69) is 18.5 Å². The van der Waals surface area contributed by atoms with Crippen molar-refractivity contribution in [2.24, 2.45) is 11.8 Å². The molecule has 2 N–H and O–H groups in total. The molecule has 0 amide bonds. The molecule has 0 aromatic heterocycles. The molecule has 94 valence electrons. The van der Waals surface area contributed by atoms with E-state index in [4.69, 9.17) is 5.11 Å². The number of rotatable bonds is 6. The van der Waals surface area contributed by atoms with E-state index in [0.717, 1.165) is 32.2 Å². The summed E-state index contributed by atoms with van der Waals surface area (Å²) in [5.41, 5.74) is 0. The number of carbonyl (C=O) groups is 1. The highest BCUT2D eigenvalue weighted by atomic mass is 32.2. The zero-order chi connectivity index (χ0) is 12.0. The molecule has 3 nitrogen and oxygen atoms in total. The van der Waals surface area contributed by atoms with Crippen LogP contribution in [-0.2, 0) is 4.79 Å². The van der Waals surface area contributed by atoms with Crippen LogP contribution in [0.25, 0.3) is 0 Å². The van der Waals surface area contributed by atoms with Gasteiger partial charge >= 0.3 is 5.97 Å². The van der Waals surface area contributed by atoms with E-state index in [9.17, 15) is 4.79 Å². The zero-order valence-corrected chi connectivity index (χ0v) is 11.1. The molecule has 3 unspecified atom stereocenters.